The van der Waals surface area contributed by atoms with E-state index in [-0.39, 0.29) is 17.9 Å². The Labute approximate surface area is 163 Å². The number of amides is 2. The fourth-order valence-corrected chi connectivity index (χ4v) is 4.19. The molecule has 27 heavy (non-hydrogen) atoms. The zero-order chi connectivity index (χ0) is 19.0. The number of benzene rings is 2. The van der Waals surface area contributed by atoms with E-state index in [4.69, 9.17) is 11.6 Å². The molecule has 4 rings (SSSR count). The summed E-state index contributed by atoms with van der Waals surface area (Å²) in [5.74, 6) is 0.0569. The van der Waals surface area contributed by atoms with Gasteiger partial charge in [0.1, 0.15) is 0 Å². The highest BCUT2D eigenvalue weighted by atomic mass is 35.5. The highest BCUT2D eigenvalue weighted by Crippen LogP contribution is 2.31. The van der Waals surface area contributed by atoms with Crippen molar-refractivity contribution in [2.75, 3.05) is 31.1 Å². The van der Waals surface area contributed by atoms with Gasteiger partial charge in [0, 0.05) is 49.4 Å². The van der Waals surface area contributed by atoms with Crippen molar-refractivity contribution in [1.29, 1.82) is 0 Å². The number of piperazine rings is 1. The number of hydrogen-bond acceptors (Lipinski definition) is 3. The number of halogens is 1. The number of nitrogens with zero attached hydrogens (tertiary/aromatic N) is 2. The third-order valence-electron chi connectivity index (χ3n) is 5.34. The summed E-state index contributed by atoms with van der Waals surface area (Å²) >= 11 is 6.16. The van der Waals surface area contributed by atoms with Crippen molar-refractivity contribution in [2.24, 2.45) is 0 Å². The van der Waals surface area contributed by atoms with E-state index in [0.717, 1.165) is 29.8 Å². The summed E-state index contributed by atoms with van der Waals surface area (Å²) in [5.41, 5.74) is 3.69. The number of carbonyl (C=O) groups is 2. The predicted octanol–water partition coefficient (Wildman–Crippen LogP) is 3.04. The first-order valence-electron chi connectivity index (χ1n) is 9.23. The first-order valence-corrected chi connectivity index (χ1v) is 9.60. The molecule has 0 aromatic heterocycles. The van der Waals surface area contributed by atoms with Crippen LogP contribution >= 0.6 is 11.6 Å². The van der Waals surface area contributed by atoms with Crippen molar-refractivity contribution < 1.29 is 9.59 Å². The molecule has 0 radical (unpaired) electrons. The minimum Gasteiger partial charge on any atom is -0.329 e. The van der Waals surface area contributed by atoms with Crippen LogP contribution in [-0.2, 0) is 11.2 Å². The summed E-state index contributed by atoms with van der Waals surface area (Å²) in [4.78, 5) is 28.7. The monoisotopic (exact) mass is 383 g/mol. The molecular formula is C21H22ClN3O2. The van der Waals surface area contributed by atoms with Gasteiger partial charge in [-0.05, 0) is 47.9 Å². The second kappa shape index (κ2) is 7.33. The Balaban J connectivity index is 1.62. The Morgan fingerprint density at radius 1 is 1.15 bits per heavy atom. The summed E-state index contributed by atoms with van der Waals surface area (Å²) < 4.78 is 0. The third-order valence-corrected chi connectivity index (χ3v) is 5.57. The highest BCUT2D eigenvalue weighted by Gasteiger charge is 2.30. The third kappa shape index (κ3) is 3.45. The van der Waals surface area contributed by atoms with E-state index in [1.807, 2.05) is 47.4 Å². The molecule has 0 bridgehead atoms. The van der Waals surface area contributed by atoms with Gasteiger partial charge in [-0.25, -0.2) is 0 Å². The predicted molar refractivity (Wildman–Crippen MR) is 106 cm³/mol. The lowest BCUT2D eigenvalue weighted by atomic mass is 10.0. The molecule has 0 saturated carbocycles. The normalized spacial score (nSPS) is 19.1. The molecule has 1 fully saturated rings. The van der Waals surface area contributed by atoms with Crippen LogP contribution in [0, 0.1) is 0 Å². The maximum Gasteiger partial charge on any atom is 0.254 e. The number of carbonyl (C=O) groups excluding carboxylic acids is 2. The molecule has 0 aliphatic carbocycles. The number of hydrogen-bond donors (Lipinski definition) is 1. The van der Waals surface area contributed by atoms with Gasteiger partial charge in [-0.15, -0.1) is 0 Å². The standard InChI is InChI=1S/C21H22ClN3O2/c1-14(26)24-9-7-16-11-17(5-6-19(16)24)21(27)25-10-8-23-13-20(25)15-3-2-4-18(22)12-15/h2-6,11-12,20,23H,7-10,13H2,1H3. The van der Waals surface area contributed by atoms with Crippen LogP contribution in [0.1, 0.15) is 34.5 Å². The molecular weight excluding hydrogens is 362 g/mol. The maximum atomic E-state index is 13.3. The smallest absolute Gasteiger partial charge is 0.254 e. The summed E-state index contributed by atoms with van der Waals surface area (Å²) in [6.07, 6.45) is 0.787. The average molecular weight is 384 g/mol. The van der Waals surface area contributed by atoms with Crippen molar-refractivity contribution >= 4 is 29.1 Å². The lowest BCUT2D eigenvalue weighted by molar-refractivity contribution is -0.116. The molecule has 0 spiro atoms. The van der Waals surface area contributed by atoms with Crippen molar-refractivity contribution in [2.45, 2.75) is 19.4 Å². The van der Waals surface area contributed by atoms with Crippen molar-refractivity contribution in [3.63, 3.8) is 0 Å². The molecule has 1 unspecified atom stereocenters. The largest absolute Gasteiger partial charge is 0.329 e. The number of rotatable bonds is 2. The minimum absolute atomic E-state index is 0.0190. The van der Waals surface area contributed by atoms with Crippen molar-refractivity contribution in [1.82, 2.24) is 10.2 Å². The van der Waals surface area contributed by atoms with E-state index < -0.39 is 0 Å². The zero-order valence-electron chi connectivity index (χ0n) is 15.2. The van der Waals surface area contributed by atoms with Gasteiger partial charge >= 0.3 is 0 Å². The molecule has 140 valence electrons. The number of nitrogens with one attached hydrogen (secondary N) is 1. The van der Waals surface area contributed by atoms with E-state index in [2.05, 4.69) is 5.32 Å². The summed E-state index contributed by atoms with van der Waals surface area (Å²) in [6, 6.07) is 13.3. The number of fused-ring (bicyclic) bond motifs is 1. The Morgan fingerprint density at radius 2 is 2.00 bits per heavy atom. The van der Waals surface area contributed by atoms with E-state index in [9.17, 15) is 9.59 Å². The maximum absolute atomic E-state index is 13.3. The number of anilines is 1. The van der Waals surface area contributed by atoms with Crippen LogP contribution in [0.4, 0.5) is 5.69 Å². The van der Waals surface area contributed by atoms with Gasteiger partial charge in [-0.1, -0.05) is 23.7 Å². The van der Waals surface area contributed by atoms with Gasteiger partial charge in [0.25, 0.3) is 5.91 Å². The van der Waals surface area contributed by atoms with E-state index in [1.165, 1.54) is 0 Å². The second-order valence-corrected chi connectivity index (χ2v) is 7.47. The molecule has 2 aliphatic heterocycles. The lowest BCUT2D eigenvalue weighted by Gasteiger charge is -2.36. The molecule has 1 N–H and O–H groups in total. The first-order chi connectivity index (χ1) is 13.0. The van der Waals surface area contributed by atoms with Crippen molar-refractivity contribution in [3.8, 4) is 0 Å². The molecule has 2 aromatic rings. The van der Waals surface area contributed by atoms with Gasteiger partial charge in [0.2, 0.25) is 5.91 Å². The SMILES string of the molecule is CC(=O)N1CCc2cc(C(=O)N3CCNCC3c3cccc(Cl)c3)ccc21. The van der Waals surface area contributed by atoms with Crippen LogP contribution in [0.3, 0.4) is 0 Å². The van der Waals surface area contributed by atoms with Crippen LogP contribution in [-0.4, -0.2) is 42.9 Å². The Hall–Kier alpha value is -2.37. The van der Waals surface area contributed by atoms with Gasteiger partial charge in [0.15, 0.2) is 0 Å². The molecule has 1 atom stereocenters. The Bertz CT molecular complexity index is 899. The molecule has 2 aliphatic rings. The van der Waals surface area contributed by atoms with Crippen LogP contribution in [0.5, 0.6) is 0 Å². The van der Waals surface area contributed by atoms with E-state index in [1.54, 1.807) is 11.8 Å². The van der Waals surface area contributed by atoms with Gasteiger partial charge in [-0.3, -0.25) is 9.59 Å². The van der Waals surface area contributed by atoms with Crippen LogP contribution in [0.25, 0.3) is 0 Å². The molecule has 1 saturated heterocycles. The summed E-state index contributed by atoms with van der Waals surface area (Å²) in [5, 5.41) is 4.04. The average Bonchev–Trinajstić information content (AvgIpc) is 3.11. The van der Waals surface area contributed by atoms with Crippen LogP contribution in [0.15, 0.2) is 42.5 Å². The topological polar surface area (TPSA) is 52.7 Å². The summed E-state index contributed by atoms with van der Waals surface area (Å²) in [6.45, 7) is 4.37. The minimum atomic E-state index is -0.0491. The van der Waals surface area contributed by atoms with Crippen LogP contribution in [0.2, 0.25) is 5.02 Å². The Kier molecular flexibility index (Phi) is 4.89. The van der Waals surface area contributed by atoms with E-state index in [0.29, 0.717) is 30.2 Å². The molecule has 2 amide bonds. The fraction of sp³-hybridized carbons (Fsp3) is 0.333. The van der Waals surface area contributed by atoms with Gasteiger partial charge < -0.3 is 15.1 Å². The highest BCUT2D eigenvalue weighted by molar-refractivity contribution is 6.30. The van der Waals surface area contributed by atoms with E-state index >= 15 is 0 Å². The molecule has 6 heteroatoms. The molecule has 2 aromatic carbocycles. The zero-order valence-corrected chi connectivity index (χ0v) is 16.0. The Morgan fingerprint density at radius 3 is 2.78 bits per heavy atom. The van der Waals surface area contributed by atoms with Crippen LogP contribution < -0.4 is 10.2 Å². The summed E-state index contributed by atoms with van der Waals surface area (Å²) in [7, 11) is 0. The van der Waals surface area contributed by atoms with Gasteiger partial charge in [-0.2, -0.15) is 0 Å². The van der Waals surface area contributed by atoms with Crippen molar-refractivity contribution in [3.05, 3.63) is 64.2 Å². The van der Waals surface area contributed by atoms with Gasteiger partial charge in [0.05, 0.1) is 6.04 Å². The molecule has 5 nitrogen and oxygen atoms in total. The first kappa shape index (κ1) is 18.0. The second-order valence-electron chi connectivity index (χ2n) is 7.04. The quantitative estimate of drug-likeness (QED) is 0.867. The molecule has 2 heterocycles. The fourth-order valence-electron chi connectivity index (χ4n) is 3.99. The lowest BCUT2D eigenvalue weighted by Crippen LogP contribution is -2.48.